The summed E-state index contributed by atoms with van der Waals surface area (Å²) in [6.07, 6.45) is 3.24. The number of benzene rings is 4. The van der Waals surface area contributed by atoms with Crippen LogP contribution in [0.25, 0.3) is 0 Å². The molecular formula is C38H33Cl2N9O4. The topological polar surface area (TPSA) is 156 Å². The van der Waals surface area contributed by atoms with E-state index in [9.17, 15) is 4.79 Å². The molecule has 13 nitrogen and oxygen atoms in total. The molecule has 4 aromatic carbocycles. The van der Waals surface area contributed by atoms with Crippen molar-refractivity contribution in [3.05, 3.63) is 118 Å². The predicted molar refractivity (Wildman–Crippen MR) is 208 cm³/mol. The van der Waals surface area contributed by atoms with Crippen molar-refractivity contribution in [3.8, 4) is 17.2 Å². The van der Waals surface area contributed by atoms with Gasteiger partial charge in [0.2, 0.25) is 17.8 Å². The van der Waals surface area contributed by atoms with Crippen molar-refractivity contribution < 1.29 is 19.0 Å². The van der Waals surface area contributed by atoms with E-state index in [1.54, 1.807) is 21.3 Å². The van der Waals surface area contributed by atoms with Crippen LogP contribution in [0.2, 0.25) is 10.0 Å². The Morgan fingerprint density at radius 1 is 0.642 bits per heavy atom. The quantitative estimate of drug-likeness (QED) is 0.0810. The summed E-state index contributed by atoms with van der Waals surface area (Å²) in [5.41, 5.74) is 5.29. The number of ether oxygens (including phenoxy) is 3. The van der Waals surface area contributed by atoms with Crippen molar-refractivity contribution in [2.45, 2.75) is 12.3 Å². The number of aromatic nitrogens is 4. The monoisotopic (exact) mass is 749 g/mol. The molecule has 0 saturated carbocycles. The van der Waals surface area contributed by atoms with Crippen molar-refractivity contribution in [1.82, 2.24) is 19.9 Å². The van der Waals surface area contributed by atoms with Gasteiger partial charge in [-0.2, -0.15) is 9.97 Å². The Morgan fingerprint density at radius 2 is 1.19 bits per heavy atom. The minimum absolute atomic E-state index is 0.109. The van der Waals surface area contributed by atoms with E-state index in [0.29, 0.717) is 67.9 Å². The molecule has 0 aliphatic carbocycles. The maximum Gasteiger partial charge on any atom is 0.229 e. The first-order chi connectivity index (χ1) is 25.8. The van der Waals surface area contributed by atoms with Crippen LogP contribution in [-0.2, 0) is 4.79 Å². The zero-order chi connectivity index (χ0) is 36.9. The van der Waals surface area contributed by atoms with Crippen LogP contribution in [0.5, 0.6) is 17.2 Å². The Kier molecular flexibility index (Phi) is 10.3. The Labute approximate surface area is 315 Å². The summed E-state index contributed by atoms with van der Waals surface area (Å²) in [6.45, 7) is 0. The highest BCUT2D eigenvalue weighted by molar-refractivity contribution is 6.33. The molecule has 6 aromatic rings. The Bertz CT molecular complexity index is 2310. The smallest absolute Gasteiger partial charge is 0.229 e. The van der Waals surface area contributed by atoms with E-state index < -0.39 is 0 Å². The second-order valence-corrected chi connectivity index (χ2v) is 12.7. The van der Waals surface area contributed by atoms with Crippen molar-refractivity contribution >= 4 is 81.1 Å². The molecule has 2 aromatic heterocycles. The molecule has 268 valence electrons. The third-order valence-corrected chi connectivity index (χ3v) is 8.88. The summed E-state index contributed by atoms with van der Waals surface area (Å²) in [5, 5.41) is 16.6. The minimum atomic E-state index is -0.321. The third kappa shape index (κ3) is 8.27. The van der Waals surface area contributed by atoms with E-state index in [0.717, 1.165) is 22.5 Å². The lowest BCUT2D eigenvalue weighted by atomic mass is 9.84. The van der Waals surface area contributed by atoms with Crippen LogP contribution in [-0.4, -0.2) is 47.2 Å². The van der Waals surface area contributed by atoms with Gasteiger partial charge in [-0.1, -0.05) is 35.3 Å². The fourth-order valence-corrected chi connectivity index (χ4v) is 6.09. The second-order valence-electron chi connectivity index (χ2n) is 11.8. The highest BCUT2D eigenvalue weighted by Gasteiger charge is 2.28. The number of anilines is 9. The maximum atomic E-state index is 13.0. The summed E-state index contributed by atoms with van der Waals surface area (Å²) < 4.78 is 16.3. The van der Waals surface area contributed by atoms with E-state index in [2.05, 4.69) is 46.5 Å². The molecule has 1 unspecified atom stereocenters. The molecule has 3 heterocycles. The molecule has 0 bridgehead atoms. The molecule has 1 aliphatic heterocycles. The normalized spacial score (nSPS) is 13.3. The molecule has 0 radical (unpaired) electrons. The highest BCUT2D eigenvalue weighted by atomic mass is 35.5. The first-order valence-electron chi connectivity index (χ1n) is 16.3. The van der Waals surface area contributed by atoms with Crippen LogP contribution < -0.4 is 40.8 Å². The number of rotatable bonds is 12. The van der Waals surface area contributed by atoms with Gasteiger partial charge in [0.05, 0.1) is 33.7 Å². The molecule has 0 fully saturated rings. The number of methoxy groups -OCH3 is 3. The number of hydrogen-bond acceptors (Lipinski definition) is 12. The summed E-state index contributed by atoms with van der Waals surface area (Å²) in [5.74, 6) is 2.99. The Morgan fingerprint density at radius 3 is 1.79 bits per heavy atom. The molecule has 1 amide bonds. The van der Waals surface area contributed by atoms with Crippen LogP contribution in [0.1, 0.15) is 23.5 Å². The minimum Gasteiger partial charge on any atom is -0.497 e. The molecule has 5 N–H and O–H groups in total. The van der Waals surface area contributed by atoms with E-state index >= 15 is 0 Å². The summed E-state index contributed by atoms with van der Waals surface area (Å²) >= 11 is 13.0. The maximum absolute atomic E-state index is 13.0. The number of halogens is 2. The Balaban J connectivity index is 1.15. The summed E-state index contributed by atoms with van der Waals surface area (Å²) in [6, 6.07) is 26.2. The first-order valence-corrected chi connectivity index (χ1v) is 17.1. The second kappa shape index (κ2) is 15.5. The van der Waals surface area contributed by atoms with Crippen molar-refractivity contribution in [2.24, 2.45) is 0 Å². The van der Waals surface area contributed by atoms with Crippen LogP contribution in [0.15, 0.2) is 97.3 Å². The van der Waals surface area contributed by atoms with Gasteiger partial charge in [-0.3, -0.25) is 4.79 Å². The molecule has 15 heteroatoms. The fraction of sp³-hybridized carbons (Fsp3) is 0.132. The van der Waals surface area contributed by atoms with Gasteiger partial charge >= 0.3 is 0 Å². The number of hydrogen-bond donors (Lipinski definition) is 5. The summed E-state index contributed by atoms with van der Waals surface area (Å²) in [7, 11) is 4.79. The third-order valence-electron chi connectivity index (χ3n) is 8.32. The number of nitrogens with one attached hydrogen (secondary N) is 5. The van der Waals surface area contributed by atoms with Gasteiger partial charge in [0.1, 0.15) is 27.3 Å². The zero-order valence-electron chi connectivity index (χ0n) is 28.7. The van der Waals surface area contributed by atoms with E-state index in [1.807, 2.05) is 84.9 Å². The van der Waals surface area contributed by atoms with E-state index in [4.69, 9.17) is 37.4 Å². The number of carbonyl (C=O) groups excluding carboxylic acids is 1. The van der Waals surface area contributed by atoms with Crippen LogP contribution >= 0.6 is 23.2 Å². The molecule has 53 heavy (non-hydrogen) atoms. The molecule has 1 atom stereocenters. The molecule has 0 saturated heterocycles. The van der Waals surface area contributed by atoms with E-state index in [-0.39, 0.29) is 18.2 Å². The number of amides is 1. The lowest BCUT2D eigenvalue weighted by molar-refractivity contribution is -0.116. The number of carbonyl (C=O) groups is 1. The average Bonchev–Trinajstić information content (AvgIpc) is 3.17. The highest BCUT2D eigenvalue weighted by Crippen LogP contribution is 2.41. The summed E-state index contributed by atoms with van der Waals surface area (Å²) in [4.78, 5) is 30.9. The van der Waals surface area contributed by atoms with Gasteiger partial charge in [0, 0.05) is 59.0 Å². The molecule has 7 rings (SSSR count). The van der Waals surface area contributed by atoms with Gasteiger partial charge in [-0.25, -0.2) is 9.97 Å². The van der Waals surface area contributed by atoms with Gasteiger partial charge < -0.3 is 40.8 Å². The molecule has 0 spiro atoms. The Hall–Kier alpha value is -6.31. The molecule has 1 aliphatic rings. The van der Waals surface area contributed by atoms with E-state index in [1.165, 1.54) is 12.4 Å². The van der Waals surface area contributed by atoms with Crippen molar-refractivity contribution in [1.29, 1.82) is 0 Å². The van der Waals surface area contributed by atoms with Crippen molar-refractivity contribution in [3.63, 3.8) is 0 Å². The SMILES string of the molecule is COc1cccc(Nc2ncc(Cl)c(Nc3cc(OC)cc(C4CC(=O)Nc5ccc(Nc6ncc(Cl)c(Nc7cccc(OC)c7)n6)cc54)c3)n2)c1. The van der Waals surface area contributed by atoms with Gasteiger partial charge in [0.25, 0.3) is 0 Å². The fourth-order valence-electron chi connectivity index (χ4n) is 5.81. The predicted octanol–water partition coefficient (Wildman–Crippen LogP) is 9.05. The standard InChI is InChI=1S/C38H33Cl2N9O4/c1-51-26-8-4-6-22(14-26)43-35-31(39)19-42-38(48-35)46-24-10-11-33-30(17-24)29(18-34(50)47-33)21-12-25(16-28(13-21)53-3)44-36-32(40)20-41-37(49-36)45-23-7-5-9-27(15-23)52-2/h4-17,19-20,29H,18H2,1-3H3,(H,47,50)(H2,41,44,45,49)(H2,42,43,46,48). The zero-order valence-corrected chi connectivity index (χ0v) is 30.2. The first kappa shape index (κ1) is 35.1. The molecular weight excluding hydrogens is 717 g/mol. The van der Waals surface area contributed by atoms with Gasteiger partial charge in [-0.05, 0) is 65.7 Å². The van der Waals surface area contributed by atoms with Gasteiger partial charge in [-0.15, -0.1) is 0 Å². The van der Waals surface area contributed by atoms with Crippen LogP contribution in [0.4, 0.5) is 52.0 Å². The number of nitrogens with zero attached hydrogens (tertiary/aromatic N) is 4. The lowest BCUT2D eigenvalue weighted by Gasteiger charge is -2.27. The van der Waals surface area contributed by atoms with Crippen LogP contribution in [0.3, 0.4) is 0 Å². The van der Waals surface area contributed by atoms with Gasteiger partial charge in [0.15, 0.2) is 11.6 Å². The van der Waals surface area contributed by atoms with Crippen molar-refractivity contribution in [2.75, 3.05) is 47.9 Å². The number of fused-ring (bicyclic) bond motifs is 1. The lowest BCUT2D eigenvalue weighted by Crippen LogP contribution is -2.23. The largest absolute Gasteiger partial charge is 0.497 e. The average molecular weight is 751 g/mol. The van der Waals surface area contributed by atoms with Crippen LogP contribution in [0, 0.1) is 0 Å².